The summed E-state index contributed by atoms with van der Waals surface area (Å²) in [5.41, 5.74) is 1.21. The number of halogens is 4. The minimum atomic E-state index is -0.320. The number of hydrogen-bond acceptors (Lipinski definition) is 1. The molecule has 0 fully saturated rings. The van der Waals surface area contributed by atoms with E-state index in [4.69, 9.17) is 46.4 Å². The summed E-state index contributed by atoms with van der Waals surface area (Å²) in [7, 11) is 0. The number of anilines is 1. The van der Waals surface area contributed by atoms with Gasteiger partial charge >= 0.3 is 0 Å². The first kappa shape index (κ1) is 16.2. The van der Waals surface area contributed by atoms with E-state index >= 15 is 0 Å². The van der Waals surface area contributed by atoms with Crippen molar-refractivity contribution in [3.05, 3.63) is 68.1 Å². The molecule has 0 atom stereocenters. The Morgan fingerprint density at radius 2 is 1.57 bits per heavy atom. The number of carbonyl (C=O) groups excluding carboxylic acids is 1. The van der Waals surface area contributed by atoms with E-state index in [0.29, 0.717) is 31.3 Å². The number of carbonyl (C=O) groups is 1. The second-order valence-electron chi connectivity index (χ2n) is 4.15. The minimum Gasteiger partial charge on any atom is -0.322 e. The van der Waals surface area contributed by atoms with E-state index in [1.54, 1.807) is 42.5 Å². The predicted molar refractivity (Wildman–Crippen MR) is 90.6 cm³/mol. The van der Waals surface area contributed by atoms with Crippen LogP contribution in [0.4, 0.5) is 5.69 Å². The highest BCUT2D eigenvalue weighted by atomic mass is 35.5. The highest BCUT2D eigenvalue weighted by molar-refractivity contribution is 6.36. The van der Waals surface area contributed by atoms with Gasteiger partial charge < -0.3 is 5.32 Å². The Hall–Kier alpha value is -1.19. The Kier molecular flexibility index (Phi) is 5.54. The third-order valence-electron chi connectivity index (χ3n) is 2.51. The number of benzene rings is 2. The first-order valence-corrected chi connectivity index (χ1v) is 7.35. The molecule has 0 aliphatic rings. The highest BCUT2D eigenvalue weighted by Crippen LogP contribution is 2.23. The van der Waals surface area contributed by atoms with Crippen molar-refractivity contribution >= 4 is 64.1 Å². The average molecular weight is 361 g/mol. The third kappa shape index (κ3) is 4.94. The van der Waals surface area contributed by atoms with Crippen molar-refractivity contribution in [1.29, 1.82) is 0 Å². The second kappa shape index (κ2) is 7.19. The summed E-state index contributed by atoms with van der Waals surface area (Å²) in [6, 6.07) is 9.83. The molecular formula is C15H9Cl4NO. The normalized spacial score (nSPS) is 10.9. The van der Waals surface area contributed by atoms with Crippen LogP contribution in [0.3, 0.4) is 0 Å². The van der Waals surface area contributed by atoms with Gasteiger partial charge in [-0.25, -0.2) is 0 Å². The average Bonchev–Trinajstić information content (AvgIpc) is 2.36. The predicted octanol–water partition coefficient (Wildman–Crippen LogP) is 5.95. The molecule has 2 aromatic rings. The van der Waals surface area contributed by atoms with Gasteiger partial charge in [-0.15, -0.1) is 0 Å². The van der Waals surface area contributed by atoms with Crippen LogP contribution in [0.1, 0.15) is 5.56 Å². The van der Waals surface area contributed by atoms with Crippen LogP contribution in [-0.4, -0.2) is 5.91 Å². The van der Waals surface area contributed by atoms with Crippen LogP contribution in [0.15, 0.2) is 42.5 Å². The van der Waals surface area contributed by atoms with E-state index in [9.17, 15) is 4.79 Å². The fraction of sp³-hybridized carbons (Fsp3) is 0. The van der Waals surface area contributed by atoms with Crippen LogP contribution in [0, 0.1) is 0 Å². The Bertz CT molecular complexity index is 693. The lowest BCUT2D eigenvalue weighted by Gasteiger charge is -2.04. The summed E-state index contributed by atoms with van der Waals surface area (Å²) < 4.78 is 0. The van der Waals surface area contributed by atoms with Gasteiger partial charge in [0.15, 0.2) is 0 Å². The van der Waals surface area contributed by atoms with Crippen LogP contribution in [0.5, 0.6) is 0 Å². The zero-order valence-electron chi connectivity index (χ0n) is 10.5. The van der Waals surface area contributed by atoms with E-state index in [0.717, 1.165) is 0 Å². The summed E-state index contributed by atoms with van der Waals surface area (Å²) in [6.45, 7) is 0. The van der Waals surface area contributed by atoms with Gasteiger partial charge in [0.05, 0.1) is 0 Å². The van der Waals surface area contributed by atoms with Gasteiger partial charge in [0.1, 0.15) is 0 Å². The Morgan fingerprint density at radius 1 is 0.905 bits per heavy atom. The SMILES string of the molecule is O=C(C=Cc1ccc(Cl)cc1Cl)Nc1cc(Cl)cc(Cl)c1. The fourth-order valence-electron chi connectivity index (χ4n) is 1.61. The van der Waals surface area contributed by atoms with Gasteiger partial charge in [-0.1, -0.05) is 52.5 Å². The molecular weight excluding hydrogens is 352 g/mol. The highest BCUT2D eigenvalue weighted by Gasteiger charge is 2.02. The Balaban J connectivity index is 2.09. The van der Waals surface area contributed by atoms with E-state index in [2.05, 4.69) is 5.32 Å². The number of amides is 1. The van der Waals surface area contributed by atoms with Gasteiger partial charge in [-0.05, 0) is 42.0 Å². The lowest BCUT2D eigenvalue weighted by atomic mass is 10.2. The molecule has 21 heavy (non-hydrogen) atoms. The maximum atomic E-state index is 11.8. The van der Waals surface area contributed by atoms with Gasteiger partial charge in [0, 0.05) is 31.9 Å². The van der Waals surface area contributed by atoms with E-state index < -0.39 is 0 Å². The van der Waals surface area contributed by atoms with E-state index in [1.807, 2.05) is 0 Å². The standard InChI is InChI=1S/C15H9Cl4NO/c16-10-3-1-9(14(19)8-10)2-4-15(21)20-13-6-11(17)5-12(18)7-13/h1-8H,(H,20,21). The molecule has 0 aromatic heterocycles. The van der Waals surface area contributed by atoms with Crippen molar-refractivity contribution < 1.29 is 4.79 Å². The summed E-state index contributed by atoms with van der Waals surface area (Å²) in [5, 5.41) is 4.56. The quantitative estimate of drug-likeness (QED) is 0.673. The molecule has 1 amide bonds. The molecule has 1 N–H and O–H groups in total. The van der Waals surface area contributed by atoms with Crippen molar-refractivity contribution in [2.45, 2.75) is 0 Å². The molecule has 0 heterocycles. The lowest BCUT2D eigenvalue weighted by Crippen LogP contribution is -2.07. The third-order valence-corrected chi connectivity index (χ3v) is 3.51. The number of hydrogen-bond donors (Lipinski definition) is 1. The maximum Gasteiger partial charge on any atom is 0.248 e. The Morgan fingerprint density at radius 3 is 2.19 bits per heavy atom. The molecule has 0 bridgehead atoms. The molecule has 108 valence electrons. The zero-order valence-corrected chi connectivity index (χ0v) is 13.6. The topological polar surface area (TPSA) is 29.1 Å². The first-order chi connectivity index (χ1) is 9.94. The molecule has 2 aromatic carbocycles. The van der Waals surface area contributed by atoms with E-state index in [1.165, 1.54) is 6.08 Å². The summed E-state index contributed by atoms with van der Waals surface area (Å²) in [5.74, 6) is -0.320. The van der Waals surface area contributed by atoms with Crippen LogP contribution in [0.25, 0.3) is 6.08 Å². The van der Waals surface area contributed by atoms with Crippen LogP contribution >= 0.6 is 46.4 Å². The van der Waals surface area contributed by atoms with Crippen molar-refractivity contribution in [2.24, 2.45) is 0 Å². The van der Waals surface area contributed by atoms with Crippen molar-refractivity contribution in [3.8, 4) is 0 Å². The zero-order chi connectivity index (χ0) is 15.4. The summed E-state index contributed by atoms with van der Waals surface area (Å²) in [6.07, 6.45) is 2.96. The molecule has 6 heteroatoms. The fourth-order valence-corrected chi connectivity index (χ4v) is 2.61. The monoisotopic (exact) mass is 359 g/mol. The molecule has 0 aliphatic carbocycles. The van der Waals surface area contributed by atoms with Gasteiger partial charge in [0.2, 0.25) is 5.91 Å². The number of rotatable bonds is 3. The second-order valence-corrected chi connectivity index (χ2v) is 5.86. The van der Waals surface area contributed by atoms with Crippen molar-refractivity contribution in [2.75, 3.05) is 5.32 Å². The van der Waals surface area contributed by atoms with Crippen LogP contribution < -0.4 is 5.32 Å². The van der Waals surface area contributed by atoms with Crippen molar-refractivity contribution in [1.82, 2.24) is 0 Å². The molecule has 0 saturated heterocycles. The smallest absolute Gasteiger partial charge is 0.248 e. The first-order valence-electron chi connectivity index (χ1n) is 5.84. The van der Waals surface area contributed by atoms with Gasteiger partial charge in [-0.2, -0.15) is 0 Å². The molecule has 0 aliphatic heterocycles. The molecule has 2 nitrogen and oxygen atoms in total. The van der Waals surface area contributed by atoms with E-state index in [-0.39, 0.29) is 5.91 Å². The molecule has 0 saturated carbocycles. The molecule has 0 unspecified atom stereocenters. The van der Waals surface area contributed by atoms with Crippen LogP contribution in [-0.2, 0) is 4.79 Å². The van der Waals surface area contributed by atoms with Crippen molar-refractivity contribution in [3.63, 3.8) is 0 Å². The number of nitrogens with one attached hydrogen (secondary N) is 1. The van der Waals surface area contributed by atoms with Crippen LogP contribution in [0.2, 0.25) is 20.1 Å². The summed E-state index contributed by atoms with van der Waals surface area (Å²) >= 11 is 23.5. The summed E-state index contributed by atoms with van der Waals surface area (Å²) in [4.78, 5) is 11.8. The largest absolute Gasteiger partial charge is 0.322 e. The Labute approximate surface area is 142 Å². The minimum absolute atomic E-state index is 0.320. The lowest BCUT2D eigenvalue weighted by molar-refractivity contribution is -0.111. The maximum absolute atomic E-state index is 11.8. The molecule has 0 radical (unpaired) electrons. The molecule has 0 spiro atoms. The molecule has 2 rings (SSSR count). The van der Waals surface area contributed by atoms with Gasteiger partial charge in [0.25, 0.3) is 0 Å². The van der Waals surface area contributed by atoms with Gasteiger partial charge in [-0.3, -0.25) is 4.79 Å².